The van der Waals surface area contributed by atoms with Crippen LogP contribution in [0.25, 0.3) is 0 Å². The Hall–Kier alpha value is -1.84. The summed E-state index contributed by atoms with van der Waals surface area (Å²) in [7, 11) is 0. The van der Waals surface area contributed by atoms with Gasteiger partial charge in [-0.3, -0.25) is 9.59 Å². The molecule has 0 aliphatic rings. The molecular formula is C11H12O4. The summed E-state index contributed by atoms with van der Waals surface area (Å²) in [6, 6.07) is 4.45. The van der Waals surface area contributed by atoms with E-state index < -0.39 is 5.97 Å². The van der Waals surface area contributed by atoms with Gasteiger partial charge in [-0.15, -0.1) is 0 Å². The Morgan fingerprint density at radius 2 is 2.13 bits per heavy atom. The van der Waals surface area contributed by atoms with Crippen molar-refractivity contribution in [1.82, 2.24) is 0 Å². The maximum Gasteiger partial charge on any atom is 0.303 e. The Labute approximate surface area is 87.2 Å². The van der Waals surface area contributed by atoms with E-state index >= 15 is 0 Å². The number of aldehydes is 1. The topological polar surface area (TPSA) is 74.6 Å². The molecule has 0 fully saturated rings. The Morgan fingerprint density at radius 3 is 2.73 bits per heavy atom. The zero-order chi connectivity index (χ0) is 11.3. The second-order valence-corrected chi connectivity index (χ2v) is 3.25. The Morgan fingerprint density at radius 1 is 1.40 bits per heavy atom. The molecule has 0 atom stereocenters. The van der Waals surface area contributed by atoms with E-state index in [1.807, 2.05) is 0 Å². The van der Waals surface area contributed by atoms with Crippen LogP contribution in [0.3, 0.4) is 0 Å². The zero-order valence-corrected chi connectivity index (χ0v) is 8.14. The van der Waals surface area contributed by atoms with Gasteiger partial charge in [0.2, 0.25) is 0 Å². The number of aliphatic carboxylic acids is 1. The lowest BCUT2D eigenvalue weighted by Crippen LogP contribution is -1.98. The lowest BCUT2D eigenvalue weighted by atomic mass is 10.0. The highest BCUT2D eigenvalue weighted by Gasteiger charge is 2.04. The molecule has 0 aromatic heterocycles. The first-order chi connectivity index (χ1) is 7.13. The van der Waals surface area contributed by atoms with E-state index in [0.717, 1.165) is 0 Å². The van der Waals surface area contributed by atoms with Crippen molar-refractivity contribution in [1.29, 1.82) is 0 Å². The third kappa shape index (κ3) is 3.42. The molecule has 4 nitrogen and oxygen atoms in total. The molecular weight excluding hydrogens is 196 g/mol. The van der Waals surface area contributed by atoms with Crippen LogP contribution in [0.4, 0.5) is 0 Å². The van der Waals surface area contributed by atoms with Crippen LogP contribution in [-0.2, 0) is 11.2 Å². The van der Waals surface area contributed by atoms with E-state index in [1.54, 1.807) is 0 Å². The molecule has 0 saturated carbocycles. The van der Waals surface area contributed by atoms with Crippen LogP contribution in [-0.4, -0.2) is 22.5 Å². The van der Waals surface area contributed by atoms with Gasteiger partial charge in [-0.2, -0.15) is 0 Å². The minimum absolute atomic E-state index is 0.0634. The largest absolute Gasteiger partial charge is 0.508 e. The van der Waals surface area contributed by atoms with E-state index in [-0.39, 0.29) is 12.2 Å². The van der Waals surface area contributed by atoms with Gasteiger partial charge in [0.25, 0.3) is 0 Å². The molecule has 0 amide bonds. The summed E-state index contributed by atoms with van der Waals surface area (Å²) in [6.07, 6.45) is 1.71. The number of aromatic hydroxyl groups is 1. The van der Waals surface area contributed by atoms with Crippen LogP contribution in [0.1, 0.15) is 28.8 Å². The van der Waals surface area contributed by atoms with E-state index in [1.165, 1.54) is 18.2 Å². The normalized spacial score (nSPS) is 9.87. The number of carbonyl (C=O) groups is 2. The van der Waals surface area contributed by atoms with Crippen LogP contribution in [0.15, 0.2) is 18.2 Å². The molecule has 0 saturated heterocycles. The molecule has 15 heavy (non-hydrogen) atoms. The molecule has 0 radical (unpaired) electrons. The first-order valence-electron chi connectivity index (χ1n) is 4.62. The Balaban J connectivity index is 2.69. The number of phenols is 1. The summed E-state index contributed by atoms with van der Waals surface area (Å²) in [5, 5.41) is 17.7. The van der Waals surface area contributed by atoms with Gasteiger partial charge in [-0.25, -0.2) is 0 Å². The molecule has 1 aromatic carbocycles. The molecule has 2 N–H and O–H groups in total. The van der Waals surface area contributed by atoms with Gasteiger partial charge in [0.15, 0.2) is 0 Å². The standard InChI is InChI=1S/C11H12O4/c12-7-9-4-5-10(13)6-8(9)2-1-3-11(14)15/h4-7,13H,1-3H2,(H,14,15). The summed E-state index contributed by atoms with van der Waals surface area (Å²) in [5.74, 6) is -0.770. The smallest absolute Gasteiger partial charge is 0.303 e. The average molecular weight is 208 g/mol. The fraction of sp³-hybridized carbons (Fsp3) is 0.273. The molecule has 0 unspecified atom stereocenters. The summed E-state index contributed by atoms with van der Waals surface area (Å²) in [4.78, 5) is 20.9. The summed E-state index contributed by atoms with van der Waals surface area (Å²) in [5.41, 5.74) is 1.18. The number of carbonyl (C=O) groups excluding carboxylic acids is 1. The van der Waals surface area contributed by atoms with Crippen molar-refractivity contribution in [3.63, 3.8) is 0 Å². The van der Waals surface area contributed by atoms with Crippen LogP contribution in [0.5, 0.6) is 5.75 Å². The predicted octanol–water partition coefficient (Wildman–Crippen LogP) is 1.61. The molecule has 4 heteroatoms. The highest BCUT2D eigenvalue weighted by atomic mass is 16.4. The maximum atomic E-state index is 10.6. The average Bonchev–Trinajstić information content (AvgIpc) is 2.17. The summed E-state index contributed by atoms with van der Waals surface area (Å²) < 4.78 is 0. The first kappa shape index (κ1) is 11.2. The molecule has 0 heterocycles. The molecule has 1 aromatic rings. The third-order valence-electron chi connectivity index (χ3n) is 2.09. The number of phenolic OH excluding ortho intramolecular Hbond substituents is 1. The number of carboxylic acid groups (broad SMARTS) is 1. The SMILES string of the molecule is O=Cc1ccc(O)cc1CCCC(=O)O. The highest BCUT2D eigenvalue weighted by molar-refractivity contribution is 5.77. The number of hydrogen-bond donors (Lipinski definition) is 2. The van der Waals surface area contributed by atoms with E-state index in [9.17, 15) is 14.7 Å². The van der Waals surface area contributed by atoms with Gasteiger partial charge in [-0.1, -0.05) is 0 Å². The lowest BCUT2D eigenvalue weighted by Gasteiger charge is -2.04. The van der Waals surface area contributed by atoms with Crippen molar-refractivity contribution < 1.29 is 19.8 Å². The Kier molecular flexibility index (Phi) is 3.85. The van der Waals surface area contributed by atoms with Gasteiger partial charge in [0.05, 0.1) is 0 Å². The lowest BCUT2D eigenvalue weighted by molar-refractivity contribution is -0.137. The second kappa shape index (κ2) is 5.14. The number of carboxylic acids is 1. The van der Waals surface area contributed by atoms with Crippen LogP contribution >= 0.6 is 0 Å². The molecule has 0 aliphatic carbocycles. The van der Waals surface area contributed by atoms with Crippen molar-refractivity contribution >= 4 is 12.3 Å². The summed E-state index contributed by atoms with van der Waals surface area (Å²) >= 11 is 0. The van der Waals surface area contributed by atoms with Crippen LogP contribution < -0.4 is 0 Å². The van der Waals surface area contributed by atoms with Crippen molar-refractivity contribution in [2.75, 3.05) is 0 Å². The van der Waals surface area contributed by atoms with Crippen molar-refractivity contribution in [3.8, 4) is 5.75 Å². The minimum Gasteiger partial charge on any atom is -0.508 e. The number of hydrogen-bond acceptors (Lipinski definition) is 3. The van der Waals surface area contributed by atoms with Gasteiger partial charge < -0.3 is 10.2 Å². The minimum atomic E-state index is -0.859. The molecule has 0 aliphatic heterocycles. The van der Waals surface area contributed by atoms with Crippen LogP contribution in [0, 0.1) is 0 Å². The number of benzene rings is 1. The Bertz CT molecular complexity index is 371. The van der Waals surface area contributed by atoms with Crippen molar-refractivity contribution in [3.05, 3.63) is 29.3 Å². The fourth-order valence-electron chi connectivity index (χ4n) is 1.35. The molecule has 80 valence electrons. The van der Waals surface area contributed by atoms with E-state index in [0.29, 0.717) is 30.3 Å². The van der Waals surface area contributed by atoms with Crippen LogP contribution in [0.2, 0.25) is 0 Å². The number of aryl methyl sites for hydroxylation is 1. The zero-order valence-electron chi connectivity index (χ0n) is 8.14. The maximum absolute atomic E-state index is 10.6. The fourth-order valence-corrected chi connectivity index (χ4v) is 1.35. The number of rotatable bonds is 5. The second-order valence-electron chi connectivity index (χ2n) is 3.25. The first-order valence-corrected chi connectivity index (χ1v) is 4.62. The third-order valence-corrected chi connectivity index (χ3v) is 2.09. The summed E-state index contributed by atoms with van der Waals surface area (Å²) in [6.45, 7) is 0. The molecule has 0 spiro atoms. The predicted molar refractivity (Wildman–Crippen MR) is 54.1 cm³/mol. The quantitative estimate of drug-likeness (QED) is 0.721. The van der Waals surface area contributed by atoms with Gasteiger partial charge in [-0.05, 0) is 36.6 Å². The highest BCUT2D eigenvalue weighted by Crippen LogP contribution is 2.17. The van der Waals surface area contributed by atoms with Gasteiger partial charge in [0, 0.05) is 12.0 Å². The van der Waals surface area contributed by atoms with Gasteiger partial charge >= 0.3 is 5.97 Å². The van der Waals surface area contributed by atoms with Crippen molar-refractivity contribution in [2.45, 2.75) is 19.3 Å². The molecule has 0 bridgehead atoms. The van der Waals surface area contributed by atoms with Gasteiger partial charge in [0.1, 0.15) is 12.0 Å². The molecule has 1 rings (SSSR count). The van der Waals surface area contributed by atoms with E-state index in [4.69, 9.17) is 5.11 Å². The van der Waals surface area contributed by atoms with E-state index in [2.05, 4.69) is 0 Å². The van der Waals surface area contributed by atoms with Crippen molar-refractivity contribution in [2.24, 2.45) is 0 Å². The monoisotopic (exact) mass is 208 g/mol.